The van der Waals surface area contributed by atoms with Gasteiger partial charge in [0, 0.05) is 30.2 Å². The van der Waals surface area contributed by atoms with Gasteiger partial charge in [0.25, 0.3) is 0 Å². The predicted molar refractivity (Wildman–Crippen MR) is 86.5 cm³/mol. The fourth-order valence-corrected chi connectivity index (χ4v) is 5.03. The van der Waals surface area contributed by atoms with Gasteiger partial charge in [-0.15, -0.1) is 0 Å². The molecular formula is C14H20Cl2N2O2S. The lowest BCUT2D eigenvalue weighted by Gasteiger charge is -2.39. The number of hydrogen-bond acceptors (Lipinski definition) is 3. The molecule has 0 aromatic heterocycles. The van der Waals surface area contributed by atoms with Gasteiger partial charge >= 0.3 is 0 Å². The van der Waals surface area contributed by atoms with Crippen molar-refractivity contribution in [1.82, 2.24) is 9.62 Å². The van der Waals surface area contributed by atoms with Gasteiger partial charge in [-0.05, 0) is 31.0 Å². The highest BCUT2D eigenvalue weighted by molar-refractivity contribution is 7.89. The summed E-state index contributed by atoms with van der Waals surface area (Å²) in [5, 5.41) is 3.96. The molecule has 0 radical (unpaired) electrons. The van der Waals surface area contributed by atoms with Gasteiger partial charge in [0.1, 0.15) is 4.90 Å². The van der Waals surface area contributed by atoms with Crippen molar-refractivity contribution in [3.05, 3.63) is 28.2 Å². The predicted octanol–water partition coefficient (Wildman–Crippen LogP) is 3.14. The number of halogens is 2. The van der Waals surface area contributed by atoms with Gasteiger partial charge in [-0.1, -0.05) is 37.0 Å². The molecule has 1 saturated heterocycles. The van der Waals surface area contributed by atoms with E-state index in [9.17, 15) is 8.42 Å². The zero-order chi connectivity index (χ0) is 15.6. The molecule has 2 rings (SSSR count). The third kappa shape index (κ3) is 3.54. The van der Waals surface area contributed by atoms with E-state index in [0.29, 0.717) is 18.1 Å². The number of sulfonamides is 1. The maximum Gasteiger partial charge on any atom is 0.244 e. The van der Waals surface area contributed by atoms with Crippen molar-refractivity contribution in [3.8, 4) is 0 Å². The second-order valence-electron chi connectivity index (χ2n) is 5.22. The SMILES string of the molecule is CCC1CN(S(=O)(=O)c2cc(Cl)ccc2Cl)C(CC)CN1. The van der Waals surface area contributed by atoms with Crippen molar-refractivity contribution in [2.24, 2.45) is 0 Å². The molecule has 0 aliphatic carbocycles. The third-order valence-electron chi connectivity index (χ3n) is 3.89. The molecule has 0 spiro atoms. The average molecular weight is 351 g/mol. The monoisotopic (exact) mass is 350 g/mol. The van der Waals surface area contributed by atoms with Crippen LogP contribution in [-0.4, -0.2) is 37.9 Å². The minimum Gasteiger partial charge on any atom is -0.311 e. The summed E-state index contributed by atoms with van der Waals surface area (Å²) >= 11 is 12.0. The molecule has 1 heterocycles. The maximum atomic E-state index is 12.9. The largest absolute Gasteiger partial charge is 0.311 e. The number of piperazine rings is 1. The fraction of sp³-hybridized carbons (Fsp3) is 0.571. The molecule has 1 aliphatic heterocycles. The zero-order valence-electron chi connectivity index (χ0n) is 12.1. The summed E-state index contributed by atoms with van der Waals surface area (Å²) < 4.78 is 27.5. The Morgan fingerprint density at radius 1 is 1.29 bits per heavy atom. The Hall–Kier alpha value is -0.330. The Morgan fingerprint density at radius 3 is 2.62 bits per heavy atom. The summed E-state index contributed by atoms with van der Waals surface area (Å²) in [5.74, 6) is 0. The fourth-order valence-electron chi connectivity index (χ4n) is 2.55. The molecular weight excluding hydrogens is 331 g/mol. The van der Waals surface area contributed by atoms with Crippen LogP contribution < -0.4 is 5.32 Å². The van der Waals surface area contributed by atoms with Crippen LogP contribution in [0.15, 0.2) is 23.1 Å². The van der Waals surface area contributed by atoms with E-state index in [1.807, 2.05) is 13.8 Å². The highest BCUT2D eigenvalue weighted by atomic mass is 35.5. The van der Waals surface area contributed by atoms with Gasteiger partial charge in [-0.3, -0.25) is 0 Å². The molecule has 1 aromatic carbocycles. The van der Waals surface area contributed by atoms with E-state index < -0.39 is 10.0 Å². The quantitative estimate of drug-likeness (QED) is 0.907. The second-order valence-corrected chi connectivity index (χ2v) is 7.93. The smallest absolute Gasteiger partial charge is 0.244 e. The highest BCUT2D eigenvalue weighted by Gasteiger charge is 2.36. The van der Waals surface area contributed by atoms with E-state index in [2.05, 4.69) is 5.32 Å². The number of nitrogens with one attached hydrogen (secondary N) is 1. The lowest BCUT2D eigenvalue weighted by molar-refractivity contribution is 0.215. The van der Waals surface area contributed by atoms with Crippen molar-refractivity contribution in [2.75, 3.05) is 13.1 Å². The summed E-state index contributed by atoms with van der Waals surface area (Å²) in [4.78, 5) is 0.0897. The molecule has 1 aromatic rings. The first-order chi connectivity index (χ1) is 9.90. The average Bonchev–Trinajstić information content (AvgIpc) is 2.48. The van der Waals surface area contributed by atoms with E-state index in [1.54, 1.807) is 10.4 Å². The molecule has 0 saturated carbocycles. The van der Waals surface area contributed by atoms with Crippen LogP contribution >= 0.6 is 23.2 Å². The molecule has 1 aliphatic rings. The van der Waals surface area contributed by atoms with Gasteiger partial charge in [0.05, 0.1) is 5.02 Å². The second kappa shape index (κ2) is 6.84. The van der Waals surface area contributed by atoms with Gasteiger partial charge in [0.15, 0.2) is 0 Å². The van der Waals surface area contributed by atoms with Crippen LogP contribution in [0.3, 0.4) is 0 Å². The van der Waals surface area contributed by atoms with Gasteiger partial charge in [-0.2, -0.15) is 4.31 Å². The number of hydrogen-bond donors (Lipinski definition) is 1. The molecule has 4 nitrogen and oxygen atoms in total. The number of rotatable bonds is 4. The van der Waals surface area contributed by atoms with Crippen LogP contribution in [0.1, 0.15) is 26.7 Å². The Balaban J connectivity index is 2.42. The highest BCUT2D eigenvalue weighted by Crippen LogP contribution is 2.30. The molecule has 1 fully saturated rings. The van der Waals surface area contributed by atoms with E-state index >= 15 is 0 Å². The van der Waals surface area contributed by atoms with Crippen LogP contribution in [0, 0.1) is 0 Å². The van der Waals surface area contributed by atoms with Crippen molar-refractivity contribution < 1.29 is 8.42 Å². The molecule has 0 bridgehead atoms. The Morgan fingerprint density at radius 2 is 2.00 bits per heavy atom. The Kier molecular flexibility index (Phi) is 5.54. The standard InChI is InChI=1S/C14H20Cl2N2O2S/c1-3-11-9-18(12(4-2)8-17-11)21(19,20)14-7-10(15)5-6-13(14)16/h5-7,11-12,17H,3-4,8-9H2,1-2H3. The van der Waals surface area contributed by atoms with Crippen molar-refractivity contribution in [1.29, 1.82) is 0 Å². The first kappa shape index (κ1) is 17.0. The number of benzene rings is 1. The normalized spacial score (nSPS) is 24.2. The maximum absolute atomic E-state index is 12.9. The summed E-state index contributed by atoms with van der Waals surface area (Å²) in [6, 6.07) is 4.65. The molecule has 2 unspecified atom stereocenters. The van der Waals surface area contributed by atoms with Crippen molar-refractivity contribution in [2.45, 2.75) is 43.7 Å². The molecule has 7 heteroatoms. The number of nitrogens with zero attached hydrogens (tertiary/aromatic N) is 1. The molecule has 2 atom stereocenters. The van der Waals surface area contributed by atoms with Crippen LogP contribution in [0.4, 0.5) is 0 Å². The lowest BCUT2D eigenvalue weighted by Crippen LogP contribution is -2.57. The summed E-state index contributed by atoms with van der Waals surface area (Å²) in [5.41, 5.74) is 0. The van der Waals surface area contributed by atoms with E-state index in [4.69, 9.17) is 23.2 Å². The van der Waals surface area contributed by atoms with Crippen LogP contribution in [0.25, 0.3) is 0 Å². The summed E-state index contributed by atoms with van der Waals surface area (Å²) in [6.45, 7) is 5.15. The topological polar surface area (TPSA) is 49.4 Å². The van der Waals surface area contributed by atoms with Gasteiger partial charge in [-0.25, -0.2) is 8.42 Å². The minimum atomic E-state index is -3.64. The van der Waals surface area contributed by atoms with Crippen LogP contribution in [0.5, 0.6) is 0 Å². The lowest BCUT2D eigenvalue weighted by atomic mass is 10.1. The third-order valence-corrected chi connectivity index (χ3v) is 6.53. The minimum absolute atomic E-state index is 0.0622. The Bertz CT molecular complexity index is 607. The van der Waals surface area contributed by atoms with Gasteiger partial charge < -0.3 is 5.32 Å². The summed E-state index contributed by atoms with van der Waals surface area (Å²) in [6.07, 6.45) is 1.63. The van der Waals surface area contributed by atoms with Gasteiger partial charge in [0.2, 0.25) is 10.0 Å². The Labute approximate surface area is 136 Å². The first-order valence-corrected chi connectivity index (χ1v) is 9.30. The van der Waals surface area contributed by atoms with Crippen LogP contribution in [0.2, 0.25) is 10.0 Å². The summed E-state index contributed by atoms with van der Waals surface area (Å²) in [7, 11) is -3.64. The van der Waals surface area contributed by atoms with E-state index in [0.717, 1.165) is 12.8 Å². The van der Waals surface area contributed by atoms with Crippen molar-refractivity contribution >= 4 is 33.2 Å². The van der Waals surface area contributed by atoms with Crippen molar-refractivity contribution in [3.63, 3.8) is 0 Å². The molecule has 21 heavy (non-hydrogen) atoms. The van der Waals surface area contributed by atoms with Crippen LogP contribution in [-0.2, 0) is 10.0 Å². The van der Waals surface area contributed by atoms with E-state index in [-0.39, 0.29) is 22.0 Å². The molecule has 1 N–H and O–H groups in total. The molecule has 0 amide bonds. The zero-order valence-corrected chi connectivity index (χ0v) is 14.5. The first-order valence-electron chi connectivity index (χ1n) is 7.10. The van der Waals surface area contributed by atoms with E-state index in [1.165, 1.54) is 12.1 Å². The molecule has 118 valence electrons.